The molecule has 108 valence electrons. The van der Waals surface area contributed by atoms with Gasteiger partial charge in [0.2, 0.25) is 0 Å². The molecule has 0 radical (unpaired) electrons. The second-order valence-corrected chi connectivity index (χ2v) is 4.74. The zero-order valence-corrected chi connectivity index (χ0v) is 11.9. The predicted molar refractivity (Wildman–Crippen MR) is 70.9 cm³/mol. The lowest BCUT2D eigenvalue weighted by atomic mass is 10.2. The average Bonchev–Trinajstić information content (AvgIpc) is 3.19. The summed E-state index contributed by atoms with van der Waals surface area (Å²) < 4.78 is 21.9. The van der Waals surface area contributed by atoms with Crippen molar-refractivity contribution >= 4 is 0 Å². The van der Waals surface area contributed by atoms with Crippen LogP contribution in [0.4, 0.5) is 0 Å². The van der Waals surface area contributed by atoms with E-state index in [4.69, 9.17) is 18.9 Å². The van der Waals surface area contributed by atoms with E-state index in [1.54, 1.807) is 0 Å². The summed E-state index contributed by atoms with van der Waals surface area (Å²) in [4.78, 5) is 0. The molecule has 2 atom stereocenters. The molecule has 1 heterocycles. The molecule has 1 aliphatic heterocycles. The van der Waals surface area contributed by atoms with E-state index in [0.29, 0.717) is 12.7 Å². The first kappa shape index (κ1) is 15.9. The monoisotopic (exact) mass is 260 g/mol. The maximum atomic E-state index is 5.77. The van der Waals surface area contributed by atoms with Crippen molar-refractivity contribution in [3.8, 4) is 0 Å². The lowest BCUT2D eigenvalue weighted by Crippen LogP contribution is -2.21. The number of epoxide rings is 1. The van der Waals surface area contributed by atoms with E-state index < -0.39 is 0 Å². The van der Waals surface area contributed by atoms with Crippen LogP contribution in [0.3, 0.4) is 0 Å². The Bertz CT molecular complexity index is 183. The highest BCUT2D eigenvalue weighted by Gasteiger charge is 2.22. The summed E-state index contributed by atoms with van der Waals surface area (Å²) >= 11 is 0. The van der Waals surface area contributed by atoms with E-state index in [9.17, 15) is 0 Å². The molecule has 0 aliphatic carbocycles. The first-order chi connectivity index (χ1) is 8.86. The Morgan fingerprint density at radius 3 is 2.56 bits per heavy atom. The molecule has 4 heteroatoms. The molecule has 18 heavy (non-hydrogen) atoms. The van der Waals surface area contributed by atoms with Crippen molar-refractivity contribution < 1.29 is 18.9 Å². The van der Waals surface area contributed by atoms with Gasteiger partial charge in [0.15, 0.2) is 0 Å². The van der Waals surface area contributed by atoms with Crippen LogP contribution in [-0.2, 0) is 18.9 Å². The second kappa shape index (κ2) is 10.7. The molecule has 0 N–H and O–H groups in total. The van der Waals surface area contributed by atoms with Gasteiger partial charge < -0.3 is 18.9 Å². The fourth-order valence-corrected chi connectivity index (χ4v) is 1.65. The number of ether oxygens (including phenoxy) is 4. The fourth-order valence-electron chi connectivity index (χ4n) is 1.65. The smallest absolute Gasteiger partial charge is 0.104 e. The summed E-state index contributed by atoms with van der Waals surface area (Å²) in [5.41, 5.74) is 0. The maximum Gasteiger partial charge on any atom is 0.104 e. The normalized spacial score (nSPS) is 20.0. The van der Waals surface area contributed by atoms with Crippen LogP contribution in [0.15, 0.2) is 0 Å². The Hall–Kier alpha value is -0.160. The van der Waals surface area contributed by atoms with E-state index in [2.05, 4.69) is 13.8 Å². The Labute approximate surface area is 111 Å². The highest BCUT2D eigenvalue weighted by atomic mass is 16.6. The van der Waals surface area contributed by atoms with Crippen molar-refractivity contribution in [1.29, 1.82) is 0 Å². The molecule has 0 aromatic rings. The summed E-state index contributed by atoms with van der Waals surface area (Å²) in [6, 6.07) is 0. The molecule has 2 unspecified atom stereocenters. The first-order valence-corrected chi connectivity index (χ1v) is 7.25. The Balaban J connectivity index is 1.97. The Morgan fingerprint density at radius 2 is 1.89 bits per heavy atom. The van der Waals surface area contributed by atoms with E-state index in [1.807, 2.05) is 0 Å². The van der Waals surface area contributed by atoms with Crippen LogP contribution in [-0.4, -0.2) is 51.8 Å². The summed E-state index contributed by atoms with van der Waals surface area (Å²) in [5.74, 6) is 0. The van der Waals surface area contributed by atoms with Crippen LogP contribution in [0.5, 0.6) is 0 Å². The highest BCUT2D eigenvalue weighted by Crippen LogP contribution is 2.10. The van der Waals surface area contributed by atoms with E-state index in [1.165, 1.54) is 0 Å². The molecular weight excluding hydrogens is 232 g/mol. The third kappa shape index (κ3) is 8.86. The highest BCUT2D eigenvalue weighted by molar-refractivity contribution is 4.67. The van der Waals surface area contributed by atoms with Gasteiger partial charge in [-0.05, 0) is 25.7 Å². The van der Waals surface area contributed by atoms with Crippen molar-refractivity contribution in [2.24, 2.45) is 0 Å². The Morgan fingerprint density at radius 1 is 1.11 bits per heavy atom. The molecule has 0 aromatic carbocycles. The number of hydrogen-bond donors (Lipinski definition) is 0. The molecule has 1 saturated heterocycles. The van der Waals surface area contributed by atoms with Crippen LogP contribution in [0.25, 0.3) is 0 Å². The van der Waals surface area contributed by atoms with Crippen LogP contribution < -0.4 is 0 Å². The molecule has 0 bridgehead atoms. The van der Waals surface area contributed by atoms with Gasteiger partial charge in [-0.3, -0.25) is 0 Å². The Kier molecular flexibility index (Phi) is 9.48. The lowest BCUT2D eigenvalue weighted by Gasteiger charge is -2.17. The van der Waals surface area contributed by atoms with Gasteiger partial charge in [0.05, 0.1) is 25.9 Å². The summed E-state index contributed by atoms with van der Waals surface area (Å²) in [7, 11) is 0. The second-order valence-electron chi connectivity index (χ2n) is 4.74. The zero-order valence-electron chi connectivity index (χ0n) is 11.9. The van der Waals surface area contributed by atoms with E-state index in [0.717, 1.165) is 58.7 Å². The van der Waals surface area contributed by atoms with Crippen molar-refractivity contribution in [3.05, 3.63) is 0 Å². The van der Waals surface area contributed by atoms with E-state index >= 15 is 0 Å². The van der Waals surface area contributed by atoms with Crippen LogP contribution in [0.1, 0.15) is 39.5 Å². The van der Waals surface area contributed by atoms with Crippen molar-refractivity contribution in [2.75, 3.05) is 39.6 Å². The van der Waals surface area contributed by atoms with Crippen molar-refractivity contribution in [3.63, 3.8) is 0 Å². The number of hydrogen-bond acceptors (Lipinski definition) is 4. The topological polar surface area (TPSA) is 40.2 Å². The molecule has 1 aliphatic rings. The molecule has 0 spiro atoms. The minimum atomic E-state index is 0.220. The molecule has 1 fully saturated rings. The van der Waals surface area contributed by atoms with Gasteiger partial charge >= 0.3 is 0 Å². The predicted octanol–water partition coefficient (Wildman–Crippen LogP) is 2.40. The summed E-state index contributed by atoms with van der Waals surface area (Å²) in [6.07, 6.45) is 4.73. The van der Waals surface area contributed by atoms with E-state index in [-0.39, 0.29) is 6.10 Å². The minimum Gasteiger partial charge on any atom is -0.379 e. The first-order valence-electron chi connectivity index (χ1n) is 7.25. The molecule has 0 amide bonds. The summed E-state index contributed by atoms with van der Waals surface area (Å²) in [6.45, 7) is 9.00. The van der Waals surface area contributed by atoms with Crippen LogP contribution >= 0.6 is 0 Å². The molecule has 4 nitrogen and oxygen atoms in total. The average molecular weight is 260 g/mol. The van der Waals surface area contributed by atoms with Gasteiger partial charge in [-0.25, -0.2) is 0 Å². The molecule has 1 rings (SSSR count). The minimum absolute atomic E-state index is 0.220. The van der Waals surface area contributed by atoms with Crippen molar-refractivity contribution in [1.82, 2.24) is 0 Å². The quantitative estimate of drug-likeness (QED) is 0.376. The summed E-state index contributed by atoms with van der Waals surface area (Å²) in [5, 5.41) is 0. The van der Waals surface area contributed by atoms with Crippen molar-refractivity contribution in [2.45, 2.75) is 51.7 Å². The van der Waals surface area contributed by atoms with Gasteiger partial charge in [0.25, 0.3) is 0 Å². The van der Waals surface area contributed by atoms with Gasteiger partial charge in [0.1, 0.15) is 6.10 Å². The standard InChI is InChI=1S/C14H28O4/c1-3-7-15-10-13(17-8-4-2)6-5-9-16-11-14-12-18-14/h13-14H,3-12H2,1-2H3. The van der Waals surface area contributed by atoms with Gasteiger partial charge in [0, 0.05) is 19.8 Å². The largest absolute Gasteiger partial charge is 0.379 e. The fraction of sp³-hybridized carbons (Fsp3) is 1.00. The van der Waals surface area contributed by atoms with Crippen LogP contribution in [0, 0.1) is 0 Å². The van der Waals surface area contributed by atoms with Gasteiger partial charge in [-0.2, -0.15) is 0 Å². The van der Waals surface area contributed by atoms with Gasteiger partial charge in [-0.1, -0.05) is 13.8 Å². The van der Waals surface area contributed by atoms with Gasteiger partial charge in [-0.15, -0.1) is 0 Å². The maximum absolute atomic E-state index is 5.77. The zero-order chi connectivity index (χ0) is 13.1. The number of rotatable bonds is 13. The third-order valence-electron chi connectivity index (χ3n) is 2.73. The molecule has 0 aromatic heterocycles. The lowest BCUT2D eigenvalue weighted by molar-refractivity contribution is -0.0245. The molecule has 0 saturated carbocycles. The third-order valence-corrected chi connectivity index (χ3v) is 2.73. The van der Waals surface area contributed by atoms with Crippen LogP contribution in [0.2, 0.25) is 0 Å². The SMILES string of the molecule is CCCOCC(CCCOCC1CO1)OCCC. The molecular formula is C14H28O4.